The molecule has 1 aliphatic heterocycles. The van der Waals surface area contributed by atoms with Gasteiger partial charge in [0, 0.05) is 19.7 Å². The zero-order chi connectivity index (χ0) is 9.26. The minimum absolute atomic E-state index is 0.0393. The Hall–Kier alpha value is -0.940. The molecule has 2 unspecified atom stereocenters. The van der Waals surface area contributed by atoms with Crippen LogP contribution in [0.3, 0.4) is 0 Å². The summed E-state index contributed by atoms with van der Waals surface area (Å²) in [6.07, 6.45) is 3.57. The van der Waals surface area contributed by atoms with Crippen LogP contribution in [-0.4, -0.2) is 27.6 Å². The fourth-order valence-corrected chi connectivity index (χ4v) is 1.54. The van der Waals surface area contributed by atoms with Gasteiger partial charge in [0.1, 0.15) is 11.8 Å². The Morgan fingerprint density at radius 3 is 3.15 bits per heavy atom. The maximum atomic E-state index is 5.83. The highest BCUT2D eigenvalue weighted by Crippen LogP contribution is 2.24. The van der Waals surface area contributed by atoms with Crippen molar-refractivity contribution in [3.8, 4) is 0 Å². The van der Waals surface area contributed by atoms with E-state index in [9.17, 15) is 0 Å². The average Bonchev–Trinajstić information content (AvgIpc) is 2.52. The first-order chi connectivity index (χ1) is 6.25. The second-order valence-electron chi connectivity index (χ2n) is 3.40. The molecule has 0 aliphatic carbocycles. The molecule has 0 radical (unpaired) electrons. The van der Waals surface area contributed by atoms with Gasteiger partial charge >= 0.3 is 0 Å². The number of nitrogens with two attached hydrogens (primary N) is 1. The Bertz CT molecular complexity index is 285. The summed E-state index contributed by atoms with van der Waals surface area (Å²) < 4.78 is 5.55. The third-order valence-electron chi connectivity index (χ3n) is 2.27. The summed E-state index contributed by atoms with van der Waals surface area (Å²) in [5, 5.41) is 8.20. The lowest BCUT2D eigenvalue weighted by molar-refractivity contribution is 0.00383. The molecular formula is C8H14N4O. The monoisotopic (exact) mass is 182 g/mol. The largest absolute Gasteiger partial charge is 0.372 e. The molecule has 2 heterocycles. The van der Waals surface area contributed by atoms with Gasteiger partial charge in [-0.25, -0.2) is 0 Å². The quantitative estimate of drug-likeness (QED) is 0.663. The smallest absolute Gasteiger partial charge is 0.112 e. The maximum absolute atomic E-state index is 5.83. The van der Waals surface area contributed by atoms with Crippen molar-refractivity contribution in [1.29, 1.82) is 0 Å². The molecule has 1 fully saturated rings. The van der Waals surface area contributed by atoms with Crippen LogP contribution >= 0.6 is 0 Å². The molecule has 1 aromatic heterocycles. The lowest BCUT2D eigenvalue weighted by Crippen LogP contribution is -2.30. The van der Waals surface area contributed by atoms with E-state index in [-0.39, 0.29) is 12.1 Å². The molecular weight excluding hydrogens is 168 g/mol. The highest BCUT2D eigenvalue weighted by atomic mass is 16.5. The van der Waals surface area contributed by atoms with Gasteiger partial charge in [0.05, 0.1) is 6.20 Å². The van der Waals surface area contributed by atoms with Gasteiger partial charge in [0.2, 0.25) is 0 Å². The summed E-state index contributed by atoms with van der Waals surface area (Å²) in [5.74, 6) is 0. The Kier molecular flexibility index (Phi) is 2.28. The zero-order valence-electron chi connectivity index (χ0n) is 7.68. The van der Waals surface area contributed by atoms with Gasteiger partial charge in [0.25, 0.3) is 0 Å². The molecule has 0 bridgehead atoms. The van der Waals surface area contributed by atoms with Gasteiger partial charge in [-0.1, -0.05) is 0 Å². The Morgan fingerprint density at radius 1 is 1.69 bits per heavy atom. The van der Waals surface area contributed by atoms with Crippen molar-refractivity contribution in [3.05, 3.63) is 11.9 Å². The van der Waals surface area contributed by atoms with Gasteiger partial charge < -0.3 is 10.5 Å². The first kappa shape index (κ1) is 8.65. The van der Waals surface area contributed by atoms with Crippen molar-refractivity contribution in [2.75, 3.05) is 6.61 Å². The molecule has 2 rings (SSSR count). The second-order valence-corrected chi connectivity index (χ2v) is 3.40. The molecule has 0 amide bonds. The van der Waals surface area contributed by atoms with E-state index in [1.165, 1.54) is 0 Å². The van der Waals surface area contributed by atoms with Crippen LogP contribution in [0.25, 0.3) is 0 Å². The highest BCUT2D eigenvalue weighted by molar-refractivity contribution is 4.99. The number of rotatable bonds is 1. The van der Waals surface area contributed by atoms with Crippen molar-refractivity contribution in [3.63, 3.8) is 0 Å². The number of nitrogens with zero attached hydrogens (tertiary/aromatic N) is 3. The van der Waals surface area contributed by atoms with Crippen LogP contribution in [0.1, 0.15) is 24.6 Å². The molecule has 0 aromatic carbocycles. The van der Waals surface area contributed by atoms with Gasteiger partial charge in [-0.05, 0) is 12.8 Å². The van der Waals surface area contributed by atoms with Crippen LogP contribution in [0, 0.1) is 0 Å². The van der Waals surface area contributed by atoms with Crippen LogP contribution in [0.4, 0.5) is 0 Å². The fourth-order valence-electron chi connectivity index (χ4n) is 1.54. The van der Waals surface area contributed by atoms with E-state index in [4.69, 9.17) is 10.5 Å². The van der Waals surface area contributed by atoms with Crippen LogP contribution in [0.15, 0.2) is 6.20 Å². The Balaban J connectivity index is 2.08. The molecule has 2 atom stereocenters. The number of aryl methyl sites for hydroxylation is 1. The van der Waals surface area contributed by atoms with E-state index in [0.29, 0.717) is 0 Å². The number of aromatic nitrogens is 3. The maximum Gasteiger partial charge on any atom is 0.112 e. The van der Waals surface area contributed by atoms with Crippen molar-refractivity contribution in [2.24, 2.45) is 12.8 Å². The molecule has 13 heavy (non-hydrogen) atoms. The summed E-state index contributed by atoms with van der Waals surface area (Å²) in [4.78, 5) is 1.54. The first-order valence-corrected chi connectivity index (χ1v) is 4.49. The van der Waals surface area contributed by atoms with E-state index in [1.54, 1.807) is 18.0 Å². The SMILES string of the molecule is Cn1ncc(C2CC(N)CCO2)n1. The second kappa shape index (κ2) is 3.43. The Labute approximate surface area is 76.9 Å². The average molecular weight is 182 g/mol. The topological polar surface area (TPSA) is 66.0 Å². The van der Waals surface area contributed by atoms with Crippen molar-refractivity contribution < 1.29 is 4.74 Å². The molecule has 2 N–H and O–H groups in total. The zero-order valence-corrected chi connectivity index (χ0v) is 7.68. The minimum atomic E-state index is 0.0393. The van der Waals surface area contributed by atoms with Crippen LogP contribution in [0.5, 0.6) is 0 Å². The normalized spacial score (nSPS) is 29.1. The van der Waals surface area contributed by atoms with Gasteiger partial charge in [-0.3, -0.25) is 0 Å². The molecule has 1 aromatic rings. The third kappa shape index (κ3) is 1.87. The summed E-state index contributed by atoms with van der Waals surface area (Å²) in [6, 6.07) is 0.237. The summed E-state index contributed by atoms with van der Waals surface area (Å²) >= 11 is 0. The molecule has 0 spiro atoms. The minimum Gasteiger partial charge on any atom is -0.372 e. The molecule has 5 heteroatoms. The van der Waals surface area contributed by atoms with Gasteiger partial charge in [-0.15, -0.1) is 0 Å². The molecule has 0 saturated carbocycles. The van der Waals surface area contributed by atoms with Crippen molar-refractivity contribution in [1.82, 2.24) is 15.0 Å². The number of hydrogen-bond acceptors (Lipinski definition) is 4. The predicted molar refractivity (Wildman–Crippen MR) is 46.9 cm³/mol. The van der Waals surface area contributed by atoms with E-state index in [2.05, 4.69) is 10.2 Å². The predicted octanol–water partition coefficient (Wildman–Crippen LogP) is -0.00610. The standard InChI is InChI=1S/C8H14N4O/c1-12-10-5-7(11-12)8-4-6(9)2-3-13-8/h5-6,8H,2-4,9H2,1H3. The van der Waals surface area contributed by atoms with Crippen LogP contribution < -0.4 is 5.73 Å². The summed E-state index contributed by atoms with van der Waals surface area (Å²) in [7, 11) is 1.80. The molecule has 5 nitrogen and oxygen atoms in total. The molecule has 1 saturated heterocycles. The van der Waals surface area contributed by atoms with E-state index in [1.807, 2.05) is 0 Å². The van der Waals surface area contributed by atoms with Crippen LogP contribution in [-0.2, 0) is 11.8 Å². The van der Waals surface area contributed by atoms with Gasteiger partial charge in [0.15, 0.2) is 0 Å². The summed E-state index contributed by atoms with van der Waals surface area (Å²) in [6.45, 7) is 0.725. The van der Waals surface area contributed by atoms with E-state index >= 15 is 0 Å². The van der Waals surface area contributed by atoms with Gasteiger partial charge in [-0.2, -0.15) is 15.0 Å². The summed E-state index contributed by atoms with van der Waals surface area (Å²) in [5.41, 5.74) is 6.72. The third-order valence-corrected chi connectivity index (χ3v) is 2.27. The van der Waals surface area contributed by atoms with Crippen molar-refractivity contribution in [2.45, 2.75) is 25.0 Å². The van der Waals surface area contributed by atoms with E-state index < -0.39 is 0 Å². The molecule has 1 aliphatic rings. The first-order valence-electron chi connectivity index (χ1n) is 4.49. The van der Waals surface area contributed by atoms with Crippen molar-refractivity contribution >= 4 is 0 Å². The number of hydrogen-bond donors (Lipinski definition) is 1. The highest BCUT2D eigenvalue weighted by Gasteiger charge is 2.23. The van der Waals surface area contributed by atoms with E-state index in [0.717, 1.165) is 25.1 Å². The fraction of sp³-hybridized carbons (Fsp3) is 0.750. The van der Waals surface area contributed by atoms with Crippen LogP contribution in [0.2, 0.25) is 0 Å². The lowest BCUT2D eigenvalue weighted by atomic mass is 10.0. The Morgan fingerprint density at radius 2 is 2.54 bits per heavy atom. The molecule has 72 valence electrons. The lowest BCUT2D eigenvalue weighted by Gasteiger charge is -2.25. The number of ether oxygens (including phenoxy) is 1.